The largest absolute Gasteiger partial charge is 0.377 e. The van der Waals surface area contributed by atoms with Gasteiger partial charge in [0.05, 0.1) is 16.2 Å². The topological polar surface area (TPSA) is 42.4 Å². The van der Waals surface area contributed by atoms with Crippen LogP contribution >= 0.6 is 11.6 Å². The first-order valence-electron chi connectivity index (χ1n) is 6.42. The highest BCUT2D eigenvalue weighted by molar-refractivity contribution is 6.33. The van der Waals surface area contributed by atoms with E-state index in [-0.39, 0.29) is 11.5 Å². The summed E-state index contributed by atoms with van der Waals surface area (Å²) in [5.74, 6) is -0.0690. The minimum absolute atomic E-state index is 0.0690. The van der Waals surface area contributed by atoms with Crippen LogP contribution in [0.4, 0.5) is 0 Å². The van der Waals surface area contributed by atoms with E-state index in [0.717, 1.165) is 25.1 Å². The molecule has 0 bridgehead atoms. The van der Waals surface area contributed by atoms with Crippen LogP contribution < -0.4 is 0 Å². The lowest BCUT2D eigenvalue weighted by Crippen LogP contribution is -2.49. The van der Waals surface area contributed by atoms with E-state index in [1.807, 2.05) is 13.8 Å². The fourth-order valence-electron chi connectivity index (χ4n) is 2.40. The van der Waals surface area contributed by atoms with Crippen LogP contribution in [0.15, 0.2) is 12.3 Å². The Morgan fingerprint density at radius 1 is 1.58 bits per heavy atom. The van der Waals surface area contributed by atoms with Crippen molar-refractivity contribution in [1.29, 1.82) is 0 Å². The van der Waals surface area contributed by atoms with Crippen molar-refractivity contribution in [2.24, 2.45) is 0 Å². The molecule has 0 radical (unpaired) electrons. The maximum absolute atomic E-state index is 12.5. The van der Waals surface area contributed by atoms with Gasteiger partial charge in [-0.1, -0.05) is 11.6 Å². The summed E-state index contributed by atoms with van der Waals surface area (Å²) in [5.41, 5.74) is 1.01. The minimum atomic E-state index is -0.265. The Bertz CT molecular complexity index is 492. The number of nitrogens with zero attached hydrogens (tertiary/aromatic N) is 2. The highest BCUT2D eigenvalue weighted by Crippen LogP contribution is 2.26. The second kappa shape index (κ2) is 5.47. The Balaban J connectivity index is 2.19. The van der Waals surface area contributed by atoms with Gasteiger partial charge < -0.3 is 9.64 Å². The molecule has 1 fully saturated rings. The maximum atomic E-state index is 12.5. The number of aryl methyl sites for hydroxylation is 1. The molecule has 0 aliphatic carbocycles. The second-order valence-electron chi connectivity index (χ2n) is 5.29. The number of likely N-dealkylation sites (tertiary alicyclic amines) is 1. The third kappa shape index (κ3) is 3.07. The van der Waals surface area contributed by atoms with Gasteiger partial charge in [0.2, 0.25) is 0 Å². The van der Waals surface area contributed by atoms with E-state index in [4.69, 9.17) is 16.3 Å². The van der Waals surface area contributed by atoms with Gasteiger partial charge in [-0.25, -0.2) is 0 Å². The van der Waals surface area contributed by atoms with Gasteiger partial charge in [-0.2, -0.15) is 0 Å². The summed E-state index contributed by atoms with van der Waals surface area (Å²) in [6.07, 6.45) is 3.46. The molecule has 0 spiro atoms. The van der Waals surface area contributed by atoms with Crippen LogP contribution in [-0.2, 0) is 4.74 Å². The molecule has 1 amide bonds. The first kappa shape index (κ1) is 14.3. The number of piperidine rings is 1. The molecular formula is C14H19ClN2O2. The van der Waals surface area contributed by atoms with Gasteiger partial charge in [-0.15, -0.1) is 0 Å². The highest BCUT2D eigenvalue weighted by Gasteiger charge is 2.33. The molecule has 0 saturated carbocycles. The van der Waals surface area contributed by atoms with Crippen molar-refractivity contribution in [2.45, 2.75) is 32.3 Å². The number of amides is 1. The minimum Gasteiger partial charge on any atom is -0.377 e. The molecule has 1 atom stereocenters. The van der Waals surface area contributed by atoms with Crippen LogP contribution in [-0.4, -0.2) is 41.6 Å². The zero-order valence-electron chi connectivity index (χ0n) is 11.6. The normalized spacial score (nSPS) is 23.5. The van der Waals surface area contributed by atoms with Gasteiger partial charge in [0, 0.05) is 32.1 Å². The van der Waals surface area contributed by atoms with Crippen LogP contribution in [0.5, 0.6) is 0 Å². The molecule has 1 aromatic rings. The Kier molecular flexibility index (Phi) is 4.11. The number of pyridine rings is 1. The number of hydrogen-bond donors (Lipinski definition) is 0. The van der Waals surface area contributed by atoms with E-state index < -0.39 is 0 Å². The summed E-state index contributed by atoms with van der Waals surface area (Å²) < 4.78 is 5.50. The van der Waals surface area contributed by atoms with Crippen molar-refractivity contribution in [1.82, 2.24) is 9.88 Å². The smallest absolute Gasteiger partial charge is 0.257 e. The number of rotatable bonds is 2. The number of aromatic nitrogens is 1. The SMILES string of the molecule is COC1(C)CCCN(C(=O)c2cnc(C)cc2Cl)C1. The average Bonchev–Trinajstić information content (AvgIpc) is 2.38. The number of carbonyl (C=O) groups excluding carboxylic acids is 1. The molecule has 1 aliphatic heterocycles. The lowest BCUT2D eigenvalue weighted by molar-refractivity contribution is -0.0440. The summed E-state index contributed by atoms with van der Waals surface area (Å²) in [7, 11) is 1.69. The number of hydrogen-bond acceptors (Lipinski definition) is 3. The number of methoxy groups -OCH3 is 1. The molecule has 4 nitrogen and oxygen atoms in total. The van der Waals surface area contributed by atoms with Gasteiger partial charge in [0.1, 0.15) is 0 Å². The summed E-state index contributed by atoms with van der Waals surface area (Å²) >= 11 is 6.13. The van der Waals surface area contributed by atoms with E-state index in [1.165, 1.54) is 0 Å². The first-order chi connectivity index (χ1) is 8.95. The lowest BCUT2D eigenvalue weighted by Gasteiger charge is -2.39. The van der Waals surface area contributed by atoms with Crippen molar-refractivity contribution in [3.05, 3.63) is 28.5 Å². The summed E-state index contributed by atoms with van der Waals surface area (Å²) in [6.45, 7) is 5.21. The van der Waals surface area contributed by atoms with Gasteiger partial charge >= 0.3 is 0 Å². The monoisotopic (exact) mass is 282 g/mol. The molecular weight excluding hydrogens is 264 g/mol. The standard InChI is InChI=1S/C14H19ClN2O2/c1-10-7-12(15)11(8-16-10)13(18)17-6-4-5-14(2,9-17)19-3/h7-8H,4-6,9H2,1-3H3. The Morgan fingerprint density at radius 2 is 2.32 bits per heavy atom. The maximum Gasteiger partial charge on any atom is 0.257 e. The first-order valence-corrected chi connectivity index (χ1v) is 6.79. The second-order valence-corrected chi connectivity index (χ2v) is 5.70. The van der Waals surface area contributed by atoms with Crippen LogP contribution in [0.1, 0.15) is 35.8 Å². The van der Waals surface area contributed by atoms with E-state index in [9.17, 15) is 4.79 Å². The van der Waals surface area contributed by atoms with Crippen molar-refractivity contribution in [3.8, 4) is 0 Å². The quantitative estimate of drug-likeness (QED) is 0.837. The predicted octanol–water partition coefficient (Wildman–Crippen LogP) is 2.68. The van der Waals surface area contributed by atoms with Crippen LogP contribution in [0.2, 0.25) is 5.02 Å². The average molecular weight is 283 g/mol. The van der Waals surface area contributed by atoms with E-state index >= 15 is 0 Å². The molecule has 5 heteroatoms. The van der Waals surface area contributed by atoms with Gasteiger partial charge in [0.25, 0.3) is 5.91 Å². The Hall–Kier alpha value is -1.13. The third-order valence-corrected chi connectivity index (χ3v) is 3.97. The molecule has 0 N–H and O–H groups in total. The molecule has 19 heavy (non-hydrogen) atoms. The molecule has 2 rings (SSSR count). The van der Waals surface area contributed by atoms with E-state index in [2.05, 4.69) is 4.98 Å². The zero-order chi connectivity index (χ0) is 14.0. The molecule has 1 aliphatic rings. The molecule has 1 unspecified atom stereocenters. The summed E-state index contributed by atoms with van der Waals surface area (Å²) in [6, 6.07) is 1.72. The van der Waals surface area contributed by atoms with Crippen molar-refractivity contribution in [2.75, 3.05) is 20.2 Å². The van der Waals surface area contributed by atoms with Crippen LogP contribution in [0.25, 0.3) is 0 Å². The van der Waals surface area contributed by atoms with Gasteiger partial charge in [0.15, 0.2) is 0 Å². The summed E-state index contributed by atoms with van der Waals surface area (Å²) in [4.78, 5) is 18.4. The van der Waals surface area contributed by atoms with Crippen LogP contribution in [0.3, 0.4) is 0 Å². The predicted molar refractivity (Wildman–Crippen MR) is 74.5 cm³/mol. The summed E-state index contributed by atoms with van der Waals surface area (Å²) in [5, 5.41) is 0.460. The number of halogens is 1. The molecule has 2 heterocycles. The zero-order valence-corrected chi connectivity index (χ0v) is 12.3. The van der Waals surface area contributed by atoms with Crippen molar-refractivity contribution >= 4 is 17.5 Å². The Labute approximate surface area is 118 Å². The number of ether oxygens (including phenoxy) is 1. The fourth-order valence-corrected chi connectivity index (χ4v) is 2.69. The number of carbonyl (C=O) groups is 1. The van der Waals surface area contributed by atoms with Crippen molar-refractivity contribution in [3.63, 3.8) is 0 Å². The van der Waals surface area contributed by atoms with Gasteiger partial charge in [-0.3, -0.25) is 9.78 Å². The Morgan fingerprint density at radius 3 is 2.95 bits per heavy atom. The molecule has 0 aromatic carbocycles. The van der Waals surface area contributed by atoms with Crippen molar-refractivity contribution < 1.29 is 9.53 Å². The lowest BCUT2D eigenvalue weighted by atomic mass is 9.94. The van der Waals surface area contributed by atoms with E-state index in [0.29, 0.717) is 17.1 Å². The van der Waals surface area contributed by atoms with Gasteiger partial charge in [-0.05, 0) is 32.8 Å². The fraction of sp³-hybridized carbons (Fsp3) is 0.571. The molecule has 1 aromatic heterocycles. The third-order valence-electron chi connectivity index (χ3n) is 3.66. The molecule has 104 valence electrons. The highest BCUT2D eigenvalue weighted by atomic mass is 35.5. The molecule has 1 saturated heterocycles. The van der Waals surface area contributed by atoms with E-state index in [1.54, 1.807) is 24.3 Å². The van der Waals surface area contributed by atoms with Crippen LogP contribution in [0, 0.1) is 6.92 Å².